The molecule has 4 heteroatoms. The Morgan fingerprint density at radius 1 is 1.45 bits per heavy atom. The van der Waals surface area contributed by atoms with Crippen molar-refractivity contribution in [3.05, 3.63) is 35.4 Å². The molecule has 1 amide bonds. The standard InChI is InChI=1S/C16H22N2O.ClH/c1-11(17-2)10-18-15(19)14-9-16(14)8-7-12-5-3-4-6-13(12)16;/h3-6,11,14,17H,7-10H2,1-2H3,(H,18,19);1H. The first-order valence-corrected chi connectivity index (χ1v) is 7.21. The molecular formula is C16H23ClN2O. The molecule has 0 saturated heterocycles. The average Bonchev–Trinajstić information content (AvgIpc) is 3.06. The highest BCUT2D eigenvalue weighted by molar-refractivity contribution is 5.85. The van der Waals surface area contributed by atoms with E-state index in [1.165, 1.54) is 11.1 Å². The van der Waals surface area contributed by atoms with Crippen LogP contribution in [0.4, 0.5) is 0 Å². The van der Waals surface area contributed by atoms with Gasteiger partial charge in [-0.1, -0.05) is 24.3 Å². The Labute approximate surface area is 126 Å². The number of benzene rings is 1. The molecule has 2 aliphatic carbocycles. The summed E-state index contributed by atoms with van der Waals surface area (Å²) in [6, 6.07) is 8.95. The van der Waals surface area contributed by atoms with Gasteiger partial charge in [-0.25, -0.2) is 0 Å². The molecule has 1 spiro atoms. The lowest BCUT2D eigenvalue weighted by molar-refractivity contribution is -0.122. The number of amides is 1. The fourth-order valence-electron chi connectivity index (χ4n) is 3.42. The van der Waals surface area contributed by atoms with Crippen molar-refractivity contribution >= 4 is 18.3 Å². The second kappa shape index (κ2) is 5.74. The molecule has 2 aliphatic rings. The van der Waals surface area contributed by atoms with E-state index in [0.29, 0.717) is 12.6 Å². The van der Waals surface area contributed by atoms with Crippen LogP contribution in [0.15, 0.2) is 24.3 Å². The zero-order valence-corrected chi connectivity index (χ0v) is 12.9. The molecule has 0 aliphatic heterocycles. The molecule has 2 N–H and O–H groups in total. The lowest BCUT2D eigenvalue weighted by Crippen LogP contribution is -2.38. The molecule has 1 aromatic carbocycles. The minimum atomic E-state index is 0. The third kappa shape index (κ3) is 2.45. The third-order valence-corrected chi connectivity index (χ3v) is 4.86. The molecule has 1 saturated carbocycles. The predicted octanol–water partition coefficient (Wildman–Crippen LogP) is 2.04. The van der Waals surface area contributed by atoms with Gasteiger partial charge in [0.1, 0.15) is 0 Å². The molecule has 0 bridgehead atoms. The maximum Gasteiger partial charge on any atom is 0.224 e. The van der Waals surface area contributed by atoms with Crippen molar-refractivity contribution in [3.8, 4) is 0 Å². The van der Waals surface area contributed by atoms with Crippen molar-refractivity contribution in [2.24, 2.45) is 5.92 Å². The summed E-state index contributed by atoms with van der Waals surface area (Å²) in [5, 5.41) is 6.22. The monoisotopic (exact) mass is 294 g/mol. The summed E-state index contributed by atoms with van der Waals surface area (Å²) in [5.41, 5.74) is 3.04. The Bertz CT molecular complexity index is 505. The van der Waals surface area contributed by atoms with E-state index >= 15 is 0 Å². The van der Waals surface area contributed by atoms with Gasteiger partial charge in [0.25, 0.3) is 0 Å². The summed E-state index contributed by atoms with van der Waals surface area (Å²) >= 11 is 0. The Kier molecular flexibility index (Phi) is 4.40. The fraction of sp³-hybridized carbons (Fsp3) is 0.562. The summed E-state index contributed by atoms with van der Waals surface area (Å²) in [6.07, 6.45) is 3.31. The van der Waals surface area contributed by atoms with Gasteiger partial charge in [-0.15, -0.1) is 12.4 Å². The molecule has 1 aromatic rings. The van der Waals surface area contributed by atoms with Crippen LogP contribution in [0.3, 0.4) is 0 Å². The van der Waals surface area contributed by atoms with Gasteiger partial charge in [-0.05, 0) is 44.4 Å². The van der Waals surface area contributed by atoms with Crippen LogP contribution in [0.2, 0.25) is 0 Å². The Hall–Kier alpha value is -1.06. The van der Waals surface area contributed by atoms with Crippen molar-refractivity contribution in [1.29, 1.82) is 0 Å². The van der Waals surface area contributed by atoms with Gasteiger partial charge in [0, 0.05) is 23.9 Å². The van der Waals surface area contributed by atoms with E-state index in [1.54, 1.807) is 0 Å². The molecule has 1 fully saturated rings. The molecule has 20 heavy (non-hydrogen) atoms. The molecule has 3 nitrogen and oxygen atoms in total. The van der Waals surface area contributed by atoms with Gasteiger partial charge in [0.05, 0.1) is 0 Å². The number of halogens is 1. The molecule has 0 aromatic heterocycles. The van der Waals surface area contributed by atoms with Gasteiger partial charge in [-0.3, -0.25) is 4.79 Å². The quantitative estimate of drug-likeness (QED) is 0.892. The van der Waals surface area contributed by atoms with Crippen LogP contribution in [0.25, 0.3) is 0 Å². The Morgan fingerprint density at radius 3 is 2.95 bits per heavy atom. The second-order valence-electron chi connectivity index (χ2n) is 6.00. The van der Waals surface area contributed by atoms with Gasteiger partial charge in [0.15, 0.2) is 0 Å². The summed E-state index contributed by atoms with van der Waals surface area (Å²) in [7, 11) is 1.92. The number of hydrogen-bond acceptors (Lipinski definition) is 2. The smallest absolute Gasteiger partial charge is 0.224 e. The van der Waals surface area contributed by atoms with Gasteiger partial charge >= 0.3 is 0 Å². The lowest BCUT2D eigenvalue weighted by atomic mass is 9.95. The maximum absolute atomic E-state index is 12.3. The largest absolute Gasteiger partial charge is 0.354 e. The van der Waals surface area contributed by atoms with E-state index in [-0.39, 0.29) is 29.6 Å². The van der Waals surface area contributed by atoms with Gasteiger partial charge in [0.2, 0.25) is 5.91 Å². The zero-order chi connectivity index (χ0) is 13.5. The number of hydrogen-bond donors (Lipinski definition) is 2. The van der Waals surface area contributed by atoms with E-state index in [9.17, 15) is 4.79 Å². The first-order chi connectivity index (χ1) is 9.17. The normalized spacial score (nSPS) is 27.6. The summed E-state index contributed by atoms with van der Waals surface area (Å²) < 4.78 is 0. The topological polar surface area (TPSA) is 41.1 Å². The van der Waals surface area contributed by atoms with Gasteiger partial charge < -0.3 is 10.6 Å². The summed E-state index contributed by atoms with van der Waals surface area (Å²) in [4.78, 5) is 12.3. The summed E-state index contributed by atoms with van der Waals surface area (Å²) in [6.45, 7) is 2.79. The van der Waals surface area contributed by atoms with E-state index in [1.807, 2.05) is 7.05 Å². The van der Waals surface area contributed by atoms with E-state index in [4.69, 9.17) is 0 Å². The van der Waals surface area contributed by atoms with Gasteiger partial charge in [-0.2, -0.15) is 0 Å². The van der Waals surface area contributed by atoms with Crippen LogP contribution in [-0.2, 0) is 16.6 Å². The molecule has 3 rings (SSSR count). The first kappa shape index (κ1) is 15.3. The Balaban J connectivity index is 0.00000147. The molecule has 3 atom stereocenters. The van der Waals surface area contributed by atoms with Crippen molar-refractivity contribution in [3.63, 3.8) is 0 Å². The fourth-order valence-corrected chi connectivity index (χ4v) is 3.42. The van der Waals surface area contributed by atoms with Crippen LogP contribution in [0.1, 0.15) is 30.9 Å². The molecule has 0 heterocycles. The van der Waals surface area contributed by atoms with Crippen LogP contribution < -0.4 is 10.6 Å². The number of rotatable bonds is 4. The first-order valence-electron chi connectivity index (χ1n) is 7.21. The summed E-state index contributed by atoms with van der Waals surface area (Å²) in [5.74, 6) is 0.430. The SMILES string of the molecule is CNC(C)CNC(=O)C1CC12CCc1ccccc12.Cl. The number of fused-ring (bicyclic) bond motifs is 2. The van der Waals surface area contributed by atoms with E-state index < -0.39 is 0 Å². The zero-order valence-electron chi connectivity index (χ0n) is 12.1. The number of nitrogens with one attached hydrogen (secondary N) is 2. The number of carbonyl (C=O) groups excluding carboxylic acids is 1. The van der Waals surface area contributed by atoms with Crippen molar-refractivity contribution in [2.75, 3.05) is 13.6 Å². The molecule has 3 unspecified atom stereocenters. The minimum Gasteiger partial charge on any atom is -0.354 e. The number of likely N-dealkylation sites (N-methyl/N-ethyl adjacent to an activating group) is 1. The van der Waals surface area contributed by atoms with Crippen LogP contribution in [-0.4, -0.2) is 25.5 Å². The Morgan fingerprint density at radius 2 is 2.20 bits per heavy atom. The average molecular weight is 295 g/mol. The molecule has 0 radical (unpaired) electrons. The predicted molar refractivity (Wildman–Crippen MR) is 83.3 cm³/mol. The third-order valence-electron chi connectivity index (χ3n) is 4.86. The number of aryl methyl sites for hydroxylation is 1. The van der Waals surface area contributed by atoms with Crippen LogP contribution in [0, 0.1) is 5.92 Å². The minimum absolute atomic E-state index is 0. The van der Waals surface area contributed by atoms with E-state index in [2.05, 4.69) is 41.8 Å². The lowest BCUT2D eigenvalue weighted by Gasteiger charge is -2.14. The maximum atomic E-state index is 12.3. The number of carbonyl (C=O) groups is 1. The highest BCUT2D eigenvalue weighted by Gasteiger charge is 2.61. The van der Waals surface area contributed by atoms with E-state index in [0.717, 1.165) is 19.3 Å². The van der Waals surface area contributed by atoms with Crippen molar-refractivity contribution < 1.29 is 4.79 Å². The van der Waals surface area contributed by atoms with Crippen molar-refractivity contribution in [1.82, 2.24) is 10.6 Å². The highest BCUT2D eigenvalue weighted by Crippen LogP contribution is 2.61. The van der Waals surface area contributed by atoms with Crippen LogP contribution >= 0.6 is 12.4 Å². The highest BCUT2D eigenvalue weighted by atomic mass is 35.5. The second-order valence-corrected chi connectivity index (χ2v) is 6.00. The van der Waals surface area contributed by atoms with Crippen molar-refractivity contribution in [2.45, 2.75) is 37.6 Å². The van der Waals surface area contributed by atoms with Crippen LogP contribution in [0.5, 0.6) is 0 Å². The molecular weight excluding hydrogens is 272 g/mol. The molecule has 110 valence electrons.